The number of aliphatic hydroxyl groups is 1. The summed E-state index contributed by atoms with van der Waals surface area (Å²) >= 11 is 11.2. The normalized spacial score (nSPS) is 12.2. The average molecular weight is 263 g/mol. The molecule has 0 fully saturated rings. The Hall–Kier alpha value is -0.970. The third kappa shape index (κ3) is 3.56. The smallest absolute Gasteiger partial charge is 0.250 e. The second-order valence-corrected chi connectivity index (χ2v) is 3.96. The van der Waals surface area contributed by atoms with Crippen molar-refractivity contribution in [2.45, 2.75) is 6.10 Å². The first-order valence-electron chi connectivity index (χ1n) is 4.62. The van der Waals surface area contributed by atoms with Crippen molar-refractivity contribution in [1.82, 2.24) is 0 Å². The van der Waals surface area contributed by atoms with Gasteiger partial charge in [0.05, 0.1) is 22.6 Å². The lowest BCUT2D eigenvalue weighted by atomic mass is 10.2. The second kappa shape index (κ2) is 5.94. The maximum Gasteiger partial charge on any atom is 0.250 e. The van der Waals surface area contributed by atoms with Gasteiger partial charge in [-0.25, -0.2) is 0 Å². The predicted octanol–water partition coefficient (Wildman–Crippen LogP) is 1.45. The molecule has 0 aliphatic heterocycles. The highest BCUT2D eigenvalue weighted by Gasteiger charge is 2.08. The first kappa shape index (κ1) is 13.1. The molecule has 4 nitrogen and oxygen atoms in total. The predicted molar refractivity (Wildman–Crippen MR) is 65.2 cm³/mol. The summed E-state index contributed by atoms with van der Waals surface area (Å²) in [5.74, 6) is -0.449. The standard InChI is InChI=1S/C10H12Cl2N2O2/c11-4-7(15)5-14-6-1-2-9(12)8(3-6)10(13)16/h1-3,7,14-15H,4-5H2,(H2,13,16). The minimum absolute atomic E-state index is 0.142. The van der Waals surface area contributed by atoms with Crippen LogP contribution in [0.4, 0.5) is 5.69 Å². The van der Waals surface area contributed by atoms with Gasteiger partial charge in [-0.1, -0.05) is 11.6 Å². The summed E-state index contributed by atoms with van der Waals surface area (Å²) in [6.07, 6.45) is -0.644. The van der Waals surface area contributed by atoms with E-state index >= 15 is 0 Å². The molecule has 1 aromatic rings. The average Bonchev–Trinajstić information content (AvgIpc) is 2.27. The van der Waals surface area contributed by atoms with Crippen molar-refractivity contribution in [2.75, 3.05) is 17.7 Å². The number of primary amides is 1. The van der Waals surface area contributed by atoms with E-state index in [0.717, 1.165) is 0 Å². The summed E-state index contributed by atoms with van der Waals surface area (Å²) in [5.41, 5.74) is 6.04. The van der Waals surface area contributed by atoms with E-state index in [1.165, 1.54) is 6.07 Å². The lowest BCUT2D eigenvalue weighted by molar-refractivity contribution is 0.100. The molecule has 0 aromatic heterocycles. The Labute approximate surface area is 103 Å². The first-order chi connectivity index (χ1) is 7.54. The molecule has 0 radical (unpaired) electrons. The van der Waals surface area contributed by atoms with E-state index in [1.807, 2.05) is 0 Å². The summed E-state index contributed by atoms with van der Waals surface area (Å²) in [6, 6.07) is 4.79. The monoisotopic (exact) mass is 262 g/mol. The van der Waals surface area contributed by atoms with E-state index in [0.29, 0.717) is 17.3 Å². The van der Waals surface area contributed by atoms with Crippen LogP contribution >= 0.6 is 23.2 Å². The molecule has 1 aromatic carbocycles. The number of alkyl halides is 1. The highest BCUT2D eigenvalue weighted by Crippen LogP contribution is 2.20. The molecule has 4 N–H and O–H groups in total. The molecule has 1 unspecified atom stereocenters. The van der Waals surface area contributed by atoms with Gasteiger partial charge in [0, 0.05) is 12.2 Å². The van der Waals surface area contributed by atoms with Gasteiger partial charge >= 0.3 is 0 Å². The van der Waals surface area contributed by atoms with E-state index in [1.54, 1.807) is 12.1 Å². The number of rotatable bonds is 5. The Morgan fingerprint density at radius 3 is 2.81 bits per heavy atom. The van der Waals surface area contributed by atoms with Gasteiger partial charge in [0.25, 0.3) is 0 Å². The molecule has 0 bridgehead atoms. The van der Waals surface area contributed by atoms with Crippen molar-refractivity contribution >= 4 is 34.8 Å². The molecule has 16 heavy (non-hydrogen) atoms. The number of hydrogen-bond donors (Lipinski definition) is 3. The maximum atomic E-state index is 11.0. The number of nitrogens with one attached hydrogen (secondary N) is 1. The number of halogens is 2. The molecule has 0 aliphatic carbocycles. The fraction of sp³-hybridized carbons (Fsp3) is 0.300. The van der Waals surface area contributed by atoms with Crippen molar-refractivity contribution in [3.05, 3.63) is 28.8 Å². The Morgan fingerprint density at radius 2 is 2.25 bits per heavy atom. The van der Waals surface area contributed by atoms with Crippen LogP contribution in [0, 0.1) is 0 Å². The summed E-state index contributed by atoms with van der Waals surface area (Å²) < 4.78 is 0. The molecule has 6 heteroatoms. The van der Waals surface area contributed by atoms with Crippen LogP contribution in [-0.4, -0.2) is 29.5 Å². The van der Waals surface area contributed by atoms with Gasteiger partial charge in [-0.05, 0) is 18.2 Å². The van der Waals surface area contributed by atoms with E-state index in [9.17, 15) is 9.90 Å². The summed E-state index contributed by atoms with van der Waals surface area (Å²) in [7, 11) is 0. The van der Waals surface area contributed by atoms with E-state index in [4.69, 9.17) is 28.9 Å². The van der Waals surface area contributed by atoms with Crippen LogP contribution in [0.25, 0.3) is 0 Å². The topological polar surface area (TPSA) is 75.4 Å². The Morgan fingerprint density at radius 1 is 1.56 bits per heavy atom. The first-order valence-corrected chi connectivity index (χ1v) is 5.53. The van der Waals surface area contributed by atoms with E-state index < -0.39 is 12.0 Å². The zero-order chi connectivity index (χ0) is 12.1. The number of nitrogens with two attached hydrogens (primary N) is 1. The van der Waals surface area contributed by atoms with Crippen LogP contribution in [0.5, 0.6) is 0 Å². The molecular formula is C10H12Cl2N2O2. The third-order valence-electron chi connectivity index (χ3n) is 1.95. The Balaban J connectivity index is 2.75. The number of carbonyl (C=O) groups is 1. The van der Waals surface area contributed by atoms with Crippen LogP contribution in [0.1, 0.15) is 10.4 Å². The largest absolute Gasteiger partial charge is 0.390 e. The zero-order valence-electron chi connectivity index (χ0n) is 8.41. The van der Waals surface area contributed by atoms with Crippen molar-refractivity contribution in [2.24, 2.45) is 5.73 Å². The third-order valence-corrected chi connectivity index (χ3v) is 2.64. The molecule has 0 aliphatic rings. The molecule has 88 valence electrons. The van der Waals surface area contributed by atoms with Crippen LogP contribution in [0.3, 0.4) is 0 Å². The summed E-state index contributed by atoms with van der Waals surface area (Å²) in [6.45, 7) is 0.295. The van der Waals surface area contributed by atoms with E-state index in [2.05, 4.69) is 5.32 Å². The molecular weight excluding hydrogens is 251 g/mol. The molecule has 0 saturated heterocycles. The molecule has 1 amide bonds. The van der Waals surface area contributed by atoms with Gasteiger partial charge in [-0.2, -0.15) is 0 Å². The van der Waals surface area contributed by atoms with Gasteiger partial charge in [0.15, 0.2) is 0 Å². The van der Waals surface area contributed by atoms with Crippen molar-refractivity contribution in [3.63, 3.8) is 0 Å². The van der Waals surface area contributed by atoms with Crippen molar-refractivity contribution in [1.29, 1.82) is 0 Å². The molecule has 0 spiro atoms. The summed E-state index contributed by atoms with van der Waals surface area (Å²) in [4.78, 5) is 11.0. The second-order valence-electron chi connectivity index (χ2n) is 3.25. The Bertz CT molecular complexity index is 385. The SMILES string of the molecule is NC(=O)c1cc(NCC(O)CCl)ccc1Cl. The van der Waals surface area contributed by atoms with Crippen LogP contribution < -0.4 is 11.1 Å². The fourth-order valence-electron chi connectivity index (χ4n) is 1.11. The number of hydrogen-bond acceptors (Lipinski definition) is 3. The van der Waals surface area contributed by atoms with Gasteiger partial charge in [-0.15, -0.1) is 11.6 Å². The number of anilines is 1. The van der Waals surface area contributed by atoms with Crippen LogP contribution in [-0.2, 0) is 0 Å². The lowest BCUT2D eigenvalue weighted by Crippen LogP contribution is -2.21. The maximum absolute atomic E-state index is 11.0. The van der Waals surface area contributed by atoms with Crippen molar-refractivity contribution < 1.29 is 9.90 Å². The van der Waals surface area contributed by atoms with E-state index in [-0.39, 0.29) is 11.4 Å². The highest BCUT2D eigenvalue weighted by atomic mass is 35.5. The molecule has 1 rings (SSSR count). The van der Waals surface area contributed by atoms with Gasteiger partial charge < -0.3 is 16.2 Å². The molecule has 0 saturated carbocycles. The van der Waals surface area contributed by atoms with Crippen LogP contribution in [0.2, 0.25) is 5.02 Å². The quantitative estimate of drug-likeness (QED) is 0.704. The number of amides is 1. The highest BCUT2D eigenvalue weighted by molar-refractivity contribution is 6.33. The zero-order valence-corrected chi connectivity index (χ0v) is 9.92. The molecule has 1 atom stereocenters. The van der Waals surface area contributed by atoms with Gasteiger partial charge in [-0.3, -0.25) is 4.79 Å². The molecule has 0 heterocycles. The minimum Gasteiger partial charge on any atom is -0.390 e. The summed E-state index contributed by atoms with van der Waals surface area (Å²) in [5, 5.41) is 12.5. The van der Waals surface area contributed by atoms with Gasteiger partial charge in [0.1, 0.15) is 0 Å². The lowest BCUT2D eigenvalue weighted by Gasteiger charge is -2.11. The van der Waals surface area contributed by atoms with Gasteiger partial charge in [0.2, 0.25) is 5.91 Å². The number of carbonyl (C=O) groups excluding carboxylic acids is 1. The van der Waals surface area contributed by atoms with Crippen LogP contribution in [0.15, 0.2) is 18.2 Å². The minimum atomic E-state index is -0.644. The van der Waals surface area contributed by atoms with Crippen molar-refractivity contribution in [3.8, 4) is 0 Å². The Kier molecular flexibility index (Phi) is 4.86. The number of aliphatic hydroxyl groups excluding tert-OH is 1. The number of benzene rings is 1. The fourth-order valence-corrected chi connectivity index (χ4v) is 1.43.